The molecule has 8 aromatic carbocycles. The van der Waals surface area contributed by atoms with Crippen LogP contribution in [0.4, 0.5) is 0 Å². The van der Waals surface area contributed by atoms with Gasteiger partial charge in [0.15, 0.2) is 0 Å². The number of nitriles is 2. The Kier molecular flexibility index (Phi) is 6.61. The van der Waals surface area contributed by atoms with E-state index in [4.69, 9.17) is 0 Å². The molecule has 5 heteroatoms. The van der Waals surface area contributed by atoms with Gasteiger partial charge in [0.05, 0.1) is 73.4 Å². The smallest absolute Gasteiger partial charge is 0.0998 e. The molecule has 0 bridgehead atoms. The van der Waals surface area contributed by atoms with Crippen molar-refractivity contribution in [1.29, 1.82) is 10.5 Å². The molecule has 0 saturated heterocycles. The normalized spacial score (nSPS) is 11.6. The minimum atomic E-state index is 0.580. The van der Waals surface area contributed by atoms with Crippen LogP contribution in [-0.2, 0) is 0 Å². The maximum Gasteiger partial charge on any atom is 0.0998 e. The van der Waals surface area contributed by atoms with Crippen LogP contribution in [0.3, 0.4) is 0 Å². The van der Waals surface area contributed by atoms with Crippen molar-refractivity contribution in [1.82, 2.24) is 13.7 Å². The molecule has 55 heavy (non-hydrogen) atoms. The Morgan fingerprint density at radius 2 is 0.818 bits per heavy atom. The minimum Gasteiger partial charge on any atom is -0.309 e. The summed E-state index contributed by atoms with van der Waals surface area (Å²) in [5.41, 5.74) is 12.4. The Labute approximate surface area is 316 Å². The molecule has 3 heterocycles. The fourth-order valence-corrected chi connectivity index (χ4v) is 8.91. The number of nitrogens with zero attached hydrogens (tertiary/aromatic N) is 5. The third-order valence-electron chi connectivity index (χ3n) is 11.1. The molecular weight excluding hydrogens is 671 g/mol. The molecule has 0 N–H and O–H groups in total. The lowest BCUT2D eigenvalue weighted by Crippen LogP contribution is -2.03. The van der Waals surface area contributed by atoms with E-state index < -0.39 is 0 Å². The predicted molar refractivity (Wildman–Crippen MR) is 224 cm³/mol. The van der Waals surface area contributed by atoms with Gasteiger partial charge in [-0.25, -0.2) is 0 Å². The van der Waals surface area contributed by atoms with Gasteiger partial charge in [-0.3, -0.25) is 0 Å². The fraction of sp³-hybridized carbons (Fsp3) is 0. The largest absolute Gasteiger partial charge is 0.309 e. The van der Waals surface area contributed by atoms with Crippen LogP contribution in [0.2, 0.25) is 0 Å². The van der Waals surface area contributed by atoms with Gasteiger partial charge < -0.3 is 13.7 Å². The molecule has 0 fully saturated rings. The summed E-state index contributed by atoms with van der Waals surface area (Å²) in [6.45, 7) is 0. The van der Waals surface area contributed by atoms with Crippen molar-refractivity contribution < 1.29 is 0 Å². The summed E-state index contributed by atoms with van der Waals surface area (Å²) in [7, 11) is 0. The molecule has 0 spiro atoms. The van der Waals surface area contributed by atoms with Gasteiger partial charge in [0.25, 0.3) is 0 Å². The van der Waals surface area contributed by atoms with Crippen molar-refractivity contribution in [3.63, 3.8) is 0 Å². The Hall–Kier alpha value is -7.86. The quantitative estimate of drug-likeness (QED) is 0.184. The lowest BCUT2D eigenvalue weighted by molar-refractivity contribution is 1.15. The number of fused-ring (bicyclic) bond motifs is 9. The van der Waals surface area contributed by atoms with E-state index in [0.717, 1.165) is 82.8 Å². The average Bonchev–Trinajstić information content (AvgIpc) is 3.89. The summed E-state index contributed by atoms with van der Waals surface area (Å²) in [6.07, 6.45) is 0. The summed E-state index contributed by atoms with van der Waals surface area (Å²) in [6, 6.07) is 65.9. The zero-order valence-corrected chi connectivity index (χ0v) is 29.5. The molecule has 0 unspecified atom stereocenters. The molecule has 0 amide bonds. The molecule has 0 aliphatic heterocycles. The zero-order valence-electron chi connectivity index (χ0n) is 29.5. The van der Waals surface area contributed by atoms with Crippen LogP contribution in [0.1, 0.15) is 11.1 Å². The van der Waals surface area contributed by atoms with E-state index in [2.05, 4.69) is 159 Å². The molecule has 0 atom stereocenters. The Morgan fingerprint density at radius 1 is 0.345 bits per heavy atom. The number of benzene rings is 8. The van der Waals surface area contributed by atoms with Gasteiger partial charge in [-0.1, -0.05) is 103 Å². The molecule has 11 rings (SSSR count). The highest BCUT2D eigenvalue weighted by Crippen LogP contribution is 2.44. The highest BCUT2D eigenvalue weighted by molar-refractivity contribution is 6.17. The minimum absolute atomic E-state index is 0.580. The highest BCUT2D eigenvalue weighted by Gasteiger charge is 2.24. The number of para-hydroxylation sites is 5. The van der Waals surface area contributed by atoms with E-state index in [1.54, 1.807) is 0 Å². The lowest BCUT2D eigenvalue weighted by atomic mass is 9.96. The molecule has 0 aliphatic rings. The summed E-state index contributed by atoms with van der Waals surface area (Å²) >= 11 is 0. The van der Waals surface area contributed by atoms with Gasteiger partial charge in [-0.2, -0.15) is 10.5 Å². The van der Waals surface area contributed by atoms with Crippen molar-refractivity contribution in [2.24, 2.45) is 0 Å². The third-order valence-corrected chi connectivity index (χ3v) is 11.1. The van der Waals surface area contributed by atoms with E-state index >= 15 is 0 Å². The summed E-state index contributed by atoms with van der Waals surface area (Å²) < 4.78 is 7.00. The van der Waals surface area contributed by atoms with Crippen LogP contribution < -0.4 is 0 Å². The van der Waals surface area contributed by atoms with Crippen molar-refractivity contribution in [2.75, 3.05) is 0 Å². The van der Waals surface area contributed by atoms with Gasteiger partial charge in [-0.15, -0.1) is 0 Å². The second-order valence-corrected chi connectivity index (χ2v) is 13.9. The van der Waals surface area contributed by atoms with Crippen LogP contribution in [0, 0.1) is 22.7 Å². The van der Waals surface area contributed by atoms with Crippen LogP contribution >= 0.6 is 0 Å². The van der Waals surface area contributed by atoms with E-state index in [1.807, 2.05) is 42.5 Å². The molecule has 11 aromatic rings. The third kappa shape index (κ3) is 4.33. The number of hydrogen-bond acceptors (Lipinski definition) is 2. The molecule has 254 valence electrons. The molecule has 0 radical (unpaired) electrons. The predicted octanol–water partition coefficient (Wildman–Crippen LogP) is 12.4. The van der Waals surface area contributed by atoms with Crippen LogP contribution in [-0.4, -0.2) is 13.7 Å². The molecule has 0 saturated carbocycles. The van der Waals surface area contributed by atoms with Gasteiger partial charge in [0.2, 0.25) is 0 Å². The second-order valence-electron chi connectivity index (χ2n) is 13.9. The standard InChI is InChI=1S/C50H29N5/c51-30-32-27-28-45-39(29-32)36-16-3-8-21-42(36)54(45)46-24-11-13-33(31-52)49(46)37-17-4-9-22-43(37)55-44-23-10-5-18-38(44)50-47(25-12-26-48(50)55)53-40-19-6-1-14-34(40)35-15-2-7-20-41(35)53/h1-29H. The van der Waals surface area contributed by atoms with Crippen LogP contribution in [0.5, 0.6) is 0 Å². The first-order chi connectivity index (χ1) is 27.2. The lowest BCUT2D eigenvalue weighted by Gasteiger charge is -2.19. The topological polar surface area (TPSA) is 62.4 Å². The molecular formula is C50H29N5. The summed E-state index contributed by atoms with van der Waals surface area (Å²) in [5.74, 6) is 0. The zero-order chi connectivity index (χ0) is 36.6. The first-order valence-corrected chi connectivity index (χ1v) is 18.3. The van der Waals surface area contributed by atoms with Gasteiger partial charge >= 0.3 is 0 Å². The van der Waals surface area contributed by atoms with Crippen LogP contribution in [0.25, 0.3) is 93.6 Å². The summed E-state index contributed by atoms with van der Waals surface area (Å²) in [4.78, 5) is 0. The van der Waals surface area contributed by atoms with Gasteiger partial charge in [-0.05, 0) is 72.8 Å². The Balaban J connectivity index is 1.24. The molecule has 5 nitrogen and oxygen atoms in total. The summed E-state index contributed by atoms with van der Waals surface area (Å²) in [5, 5.41) is 27.4. The van der Waals surface area contributed by atoms with E-state index in [0.29, 0.717) is 11.1 Å². The van der Waals surface area contributed by atoms with Crippen molar-refractivity contribution >= 4 is 65.4 Å². The number of hydrogen-bond donors (Lipinski definition) is 0. The van der Waals surface area contributed by atoms with Gasteiger partial charge in [0.1, 0.15) is 0 Å². The maximum absolute atomic E-state index is 10.8. The van der Waals surface area contributed by atoms with E-state index in [1.165, 1.54) is 10.8 Å². The maximum atomic E-state index is 10.8. The monoisotopic (exact) mass is 699 g/mol. The van der Waals surface area contributed by atoms with Crippen LogP contribution in [0.15, 0.2) is 176 Å². The van der Waals surface area contributed by atoms with E-state index in [-0.39, 0.29) is 0 Å². The van der Waals surface area contributed by atoms with E-state index in [9.17, 15) is 10.5 Å². The van der Waals surface area contributed by atoms with Gasteiger partial charge in [0, 0.05) is 43.4 Å². The average molecular weight is 700 g/mol. The Bertz CT molecular complexity index is 3420. The highest BCUT2D eigenvalue weighted by atomic mass is 15.0. The first-order valence-electron chi connectivity index (χ1n) is 18.3. The Morgan fingerprint density at radius 3 is 1.49 bits per heavy atom. The van der Waals surface area contributed by atoms with Crippen molar-refractivity contribution in [2.45, 2.75) is 0 Å². The SMILES string of the molecule is N#Cc1ccc2c(c1)c1ccccc1n2-c1cccc(C#N)c1-c1ccccc1-n1c2ccccc2c2c(-n3c4ccccc4c4ccccc43)cccc21. The molecule has 3 aromatic heterocycles. The van der Waals surface area contributed by atoms with Crippen molar-refractivity contribution in [3.8, 4) is 40.3 Å². The first kappa shape index (κ1) is 30.7. The fourth-order valence-electron chi connectivity index (χ4n) is 8.91. The number of rotatable bonds is 4. The second kappa shape index (κ2) is 11.8. The number of aromatic nitrogens is 3. The molecule has 0 aliphatic carbocycles. The van der Waals surface area contributed by atoms with Crippen molar-refractivity contribution in [3.05, 3.63) is 187 Å².